The molecule has 0 saturated heterocycles. The Bertz CT molecular complexity index is 276. The highest BCUT2D eigenvalue weighted by atomic mass is 16.1. The lowest BCUT2D eigenvalue weighted by Crippen LogP contribution is -2.54. The number of rotatable bonds is 9. The van der Waals surface area contributed by atoms with Gasteiger partial charge in [-0.3, -0.25) is 4.79 Å². The molecule has 0 aromatic carbocycles. The van der Waals surface area contributed by atoms with Gasteiger partial charge in [-0.15, -0.1) is 0 Å². The summed E-state index contributed by atoms with van der Waals surface area (Å²) < 4.78 is 0. The van der Waals surface area contributed by atoms with E-state index in [1.54, 1.807) is 0 Å². The summed E-state index contributed by atoms with van der Waals surface area (Å²) >= 11 is 0. The maximum atomic E-state index is 11.6. The molecule has 4 nitrogen and oxygen atoms in total. The summed E-state index contributed by atoms with van der Waals surface area (Å²) in [5.74, 6) is 0.425. The van der Waals surface area contributed by atoms with Crippen LogP contribution in [-0.4, -0.2) is 42.0 Å². The Hall–Kier alpha value is -0.610. The first kappa shape index (κ1) is 15.4. The lowest BCUT2D eigenvalue weighted by Gasteiger charge is -2.31. The van der Waals surface area contributed by atoms with E-state index < -0.39 is 5.54 Å². The number of nitrogens with one attached hydrogen (secondary N) is 1. The number of primary amides is 1. The number of likely N-dealkylation sites (N-methyl/N-ethyl adjacent to an activating group) is 1. The number of carbonyl (C=O) groups is 1. The molecule has 0 bridgehead atoms. The van der Waals surface area contributed by atoms with Gasteiger partial charge in [-0.05, 0) is 38.6 Å². The average Bonchev–Trinajstić information content (AvgIpc) is 3.07. The van der Waals surface area contributed by atoms with Gasteiger partial charge in [0, 0.05) is 19.1 Å². The molecule has 106 valence electrons. The molecule has 0 radical (unpaired) electrons. The number of hydrogen-bond donors (Lipinski definition) is 2. The maximum Gasteiger partial charge on any atom is 0.237 e. The van der Waals surface area contributed by atoms with Crippen molar-refractivity contribution in [3.63, 3.8) is 0 Å². The van der Waals surface area contributed by atoms with Gasteiger partial charge in [-0.25, -0.2) is 0 Å². The van der Waals surface area contributed by atoms with Gasteiger partial charge in [0.2, 0.25) is 5.91 Å². The Morgan fingerprint density at radius 3 is 2.50 bits per heavy atom. The van der Waals surface area contributed by atoms with Crippen LogP contribution in [0.1, 0.15) is 47.0 Å². The molecule has 0 aromatic heterocycles. The van der Waals surface area contributed by atoms with Crippen molar-refractivity contribution in [1.82, 2.24) is 10.2 Å². The molecule has 0 heterocycles. The van der Waals surface area contributed by atoms with E-state index >= 15 is 0 Å². The number of nitrogens with zero attached hydrogens (tertiary/aromatic N) is 1. The highest BCUT2D eigenvalue weighted by Crippen LogP contribution is 2.28. The zero-order valence-electron chi connectivity index (χ0n) is 12.3. The fourth-order valence-electron chi connectivity index (χ4n) is 2.39. The minimum Gasteiger partial charge on any atom is -0.368 e. The second-order valence-corrected chi connectivity index (χ2v) is 6.10. The van der Waals surface area contributed by atoms with Gasteiger partial charge >= 0.3 is 0 Å². The summed E-state index contributed by atoms with van der Waals surface area (Å²) in [5.41, 5.74) is 4.95. The van der Waals surface area contributed by atoms with Crippen molar-refractivity contribution in [1.29, 1.82) is 0 Å². The molecule has 18 heavy (non-hydrogen) atoms. The highest BCUT2D eigenvalue weighted by Gasteiger charge is 2.34. The summed E-state index contributed by atoms with van der Waals surface area (Å²) in [6.45, 7) is 11.3. The van der Waals surface area contributed by atoms with Crippen LogP contribution in [0.2, 0.25) is 0 Å². The van der Waals surface area contributed by atoms with E-state index in [1.807, 2.05) is 13.8 Å². The number of hydrogen-bond acceptors (Lipinski definition) is 3. The molecule has 1 saturated carbocycles. The summed E-state index contributed by atoms with van der Waals surface area (Å²) in [4.78, 5) is 14.1. The summed E-state index contributed by atoms with van der Waals surface area (Å²) in [6, 6.07) is 0.742. The van der Waals surface area contributed by atoms with Gasteiger partial charge < -0.3 is 16.0 Å². The predicted octanol–water partition coefficient (Wildman–Crippen LogP) is 1.35. The highest BCUT2D eigenvalue weighted by molar-refractivity contribution is 5.84. The summed E-state index contributed by atoms with van der Waals surface area (Å²) in [7, 11) is 0. The van der Waals surface area contributed by atoms with Crippen molar-refractivity contribution in [2.45, 2.75) is 58.5 Å². The fraction of sp³-hybridized carbons (Fsp3) is 0.929. The van der Waals surface area contributed by atoms with E-state index in [0.29, 0.717) is 5.92 Å². The molecule has 1 aliphatic carbocycles. The Balaban J connectivity index is 2.50. The first-order valence-electron chi connectivity index (χ1n) is 7.18. The van der Waals surface area contributed by atoms with Crippen LogP contribution in [0.4, 0.5) is 0 Å². The molecule has 1 amide bonds. The zero-order valence-corrected chi connectivity index (χ0v) is 12.3. The van der Waals surface area contributed by atoms with Gasteiger partial charge in [0.1, 0.15) is 0 Å². The monoisotopic (exact) mass is 255 g/mol. The van der Waals surface area contributed by atoms with Crippen LogP contribution in [0.15, 0.2) is 0 Å². The largest absolute Gasteiger partial charge is 0.368 e. The molecular weight excluding hydrogens is 226 g/mol. The van der Waals surface area contributed by atoms with Crippen LogP contribution in [0.5, 0.6) is 0 Å². The van der Waals surface area contributed by atoms with E-state index in [-0.39, 0.29) is 5.91 Å². The molecule has 1 fully saturated rings. The normalized spacial score (nSPS) is 19.2. The van der Waals surface area contributed by atoms with Gasteiger partial charge in [0.15, 0.2) is 0 Å². The minimum absolute atomic E-state index is 0.246. The number of carbonyl (C=O) groups excluding carboxylic acids is 1. The zero-order chi connectivity index (χ0) is 13.8. The number of amides is 1. The van der Waals surface area contributed by atoms with E-state index in [9.17, 15) is 4.79 Å². The predicted molar refractivity (Wildman–Crippen MR) is 75.3 cm³/mol. The lowest BCUT2D eigenvalue weighted by atomic mass is 9.96. The molecule has 1 atom stereocenters. The second-order valence-electron chi connectivity index (χ2n) is 6.10. The van der Waals surface area contributed by atoms with Gasteiger partial charge in [-0.1, -0.05) is 20.8 Å². The van der Waals surface area contributed by atoms with Crippen molar-refractivity contribution >= 4 is 5.91 Å². The van der Waals surface area contributed by atoms with Crippen molar-refractivity contribution < 1.29 is 4.79 Å². The second kappa shape index (κ2) is 6.53. The summed E-state index contributed by atoms with van der Waals surface area (Å²) in [6.07, 6.45) is 3.40. The van der Waals surface area contributed by atoms with E-state index in [1.165, 1.54) is 12.8 Å². The van der Waals surface area contributed by atoms with Crippen LogP contribution < -0.4 is 11.1 Å². The molecule has 0 aliphatic heterocycles. The molecule has 1 rings (SSSR count). The topological polar surface area (TPSA) is 58.4 Å². The number of nitrogens with two attached hydrogens (primary N) is 1. The Morgan fingerprint density at radius 1 is 1.50 bits per heavy atom. The van der Waals surface area contributed by atoms with Crippen molar-refractivity contribution in [3.8, 4) is 0 Å². The Kier molecular flexibility index (Phi) is 5.60. The Labute approximate surface area is 111 Å². The smallest absolute Gasteiger partial charge is 0.237 e. The van der Waals surface area contributed by atoms with Crippen molar-refractivity contribution in [2.75, 3.05) is 19.6 Å². The van der Waals surface area contributed by atoms with Crippen LogP contribution in [0.25, 0.3) is 0 Å². The summed E-state index contributed by atoms with van der Waals surface area (Å²) in [5, 5.41) is 3.23. The van der Waals surface area contributed by atoms with Gasteiger partial charge in [0.25, 0.3) is 0 Å². The van der Waals surface area contributed by atoms with Gasteiger partial charge in [-0.2, -0.15) is 0 Å². The van der Waals surface area contributed by atoms with Crippen LogP contribution in [-0.2, 0) is 4.79 Å². The van der Waals surface area contributed by atoms with Crippen LogP contribution >= 0.6 is 0 Å². The minimum atomic E-state index is -0.571. The fourth-order valence-corrected chi connectivity index (χ4v) is 2.39. The maximum absolute atomic E-state index is 11.6. The molecular formula is C14H29N3O. The van der Waals surface area contributed by atoms with Crippen molar-refractivity contribution in [3.05, 3.63) is 0 Å². The first-order chi connectivity index (χ1) is 8.39. The van der Waals surface area contributed by atoms with Crippen LogP contribution in [0.3, 0.4) is 0 Å². The first-order valence-corrected chi connectivity index (χ1v) is 7.18. The molecule has 3 N–H and O–H groups in total. The molecule has 1 unspecified atom stereocenters. The lowest BCUT2D eigenvalue weighted by molar-refractivity contribution is -0.124. The standard InChI is InChI=1S/C14H29N3O/c1-5-16-14(4,13(15)18)8-9-17(10-11(2)3)12-6-7-12/h11-12,16H,5-10H2,1-4H3,(H2,15,18). The third-order valence-corrected chi connectivity index (χ3v) is 3.67. The van der Waals surface area contributed by atoms with E-state index in [0.717, 1.165) is 32.1 Å². The third kappa shape index (κ3) is 4.58. The SMILES string of the molecule is CCNC(C)(CCN(CC(C)C)C1CC1)C(N)=O. The molecule has 4 heteroatoms. The third-order valence-electron chi connectivity index (χ3n) is 3.67. The van der Waals surface area contributed by atoms with E-state index in [4.69, 9.17) is 5.73 Å². The van der Waals surface area contributed by atoms with Crippen LogP contribution in [0, 0.1) is 5.92 Å². The quantitative estimate of drug-likeness (QED) is 0.654. The van der Waals surface area contributed by atoms with E-state index in [2.05, 4.69) is 24.1 Å². The average molecular weight is 255 g/mol. The molecule has 0 spiro atoms. The molecule has 0 aromatic rings. The Morgan fingerprint density at radius 2 is 2.11 bits per heavy atom. The van der Waals surface area contributed by atoms with Crippen molar-refractivity contribution in [2.24, 2.45) is 11.7 Å². The molecule has 1 aliphatic rings. The van der Waals surface area contributed by atoms with Gasteiger partial charge in [0.05, 0.1) is 5.54 Å².